The molecule has 1 aromatic carbocycles. The van der Waals surface area contributed by atoms with Crippen LogP contribution in [0.5, 0.6) is 5.75 Å². The molecule has 3 rings (SSSR count). The molecule has 5 nitrogen and oxygen atoms in total. The first-order valence-electron chi connectivity index (χ1n) is 8.42. The van der Waals surface area contributed by atoms with Gasteiger partial charge in [-0.05, 0) is 43.5 Å². The smallest absolute Gasteiger partial charge is 0.265 e. The highest BCUT2D eigenvalue weighted by Gasteiger charge is 2.24. The van der Waals surface area contributed by atoms with Crippen LogP contribution >= 0.6 is 11.3 Å². The lowest BCUT2D eigenvalue weighted by molar-refractivity contribution is -0.117. The zero-order valence-electron chi connectivity index (χ0n) is 14.7. The number of aryl methyl sites for hydroxylation is 2. The van der Waals surface area contributed by atoms with Gasteiger partial charge in [-0.3, -0.25) is 9.59 Å². The van der Waals surface area contributed by atoms with Gasteiger partial charge in [-0.15, -0.1) is 11.3 Å². The van der Waals surface area contributed by atoms with Crippen LogP contribution < -0.4 is 15.0 Å². The van der Waals surface area contributed by atoms with E-state index in [9.17, 15) is 9.59 Å². The number of amides is 2. The Kier molecular flexibility index (Phi) is 5.08. The second kappa shape index (κ2) is 7.27. The maximum atomic E-state index is 12.5. The number of ether oxygens (including phenoxy) is 1. The molecule has 1 aliphatic rings. The van der Waals surface area contributed by atoms with Gasteiger partial charge < -0.3 is 15.0 Å². The topological polar surface area (TPSA) is 58.6 Å². The van der Waals surface area contributed by atoms with Gasteiger partial charge >= 0.3 is 0 Å². The summed E-state index contributed by atoms with van der Waals surface area (Å²) >= 11 is 1.50. The largest absolute Gasteiger partial charge is 0.494 e. The number of carbonyl (C=O) groups is 2. The molecule has 0 spiro atoms. The summed E-state index contributed by atoms with van der Waals surface area (Å²) in [5.41, 5.74) is 2.61. The van der Waals surface area contributed by atoms with Gasteiger partial charge in [0.2, 0.25) is 5.91 Å². The van der Waals surface area contributed by atoms with E-state index in [0.29, 0.717) is 29.3 Å². The number of benzene rings is 1. The average molecular weight is 358 g/mol. The molecule has 1 N–H and O–H groups in total. The van der Waals surface area contributed by atoms with Crippen LogP contribution in [0.1, 0.15) is 39.9 Å². The lowest BCUT2D eigenvalue weighted by Crippen LogP contribution is -2.24. The lowest BCUT2D eigenvalue weighted by atomic mass is 10.2. The number of hydrogen-bond donors (Lipinski definition) is 1. The highest BCUT2D eigenvalue weighted by Crippen LogP contribution is 2.34. The van der Waals surface area contributed by atoms with Crippen molar-refractivity contribution in [2.45, 2.75) is 33.1 Å². The first-order chi connectivity index (χ1) is 12.0. The van der Waals surface area contributed by atoms with E-state index in [4.69, 9.17) is 4.74 Å². The van der Waals surface area contributed by atoms with Crippen molar-refractivity contribution in [1.82, 2.24) is 0 Å². The Hall–Kier alpha value is -2.34. The molecule has 2 amide bonds. The fraction of sp³-hybridized carbons (Fsp3) is 0.368. The van der Waals surface area contributed by atoms with Gasteiger partial charge in [0.1, 0.15) is 5.75 Å². The Bertz CT molecular complexity index is 813. The number of methoxy groups -OCH3 is 1. The first-order valence-corrected chi connectivity index (χ1v) is 9.24. The normalized spacial score (nSPS) is 14.0. The summed E-state index contributed by atoms with van der Waals surface area (Å²) < 4.78 is 5.43. The predicted molar refractivity (Wildman–Crippen MR) is 101 cm³/mol. The van der Waals surface area contributed by atoms with Crippen LogP contribution in [0, 0.1) is 6.92 Å². The summed E-state index contributed by atoms with van der Waals surface area (Å²) in [4.78, 5) is 28.0. The minimum absolute atomic E-state index is 0.108. The van der Waals surface area contributed by atoms with Crippen LogP contribution in [0.25, 0.3) is 0 Å². The quantitative estimate of drug-likeness (QED) is 0.879. The number of nitrogens with zero attached hydrogens (tertiary/aromatic N) is 1. The molecular formula is C19H22N2O3S. The molecule has 2 heterocycles. The van der Waals surface area contributed by atoms with Gasteiger partial charge in [0, 0.05) is 29.6 Å². The first kappa shape index (κ1) is 17.5. The third kappa shape index (κ3) is 3.54. The van der Waals surface area contributed by atoms with Gasteiger partial charge in [0.25, 0.3) is 5.91 Å². The second-order valence-electron chi connectivity index (χ2n) is 6.04. The van der Waals surface area contributed by atoms with Crippen molar-refractivity contribution >= 4 is 34.5 Å². The summed E-state index contributed by atoms with van der Waals surface area (Å²) in [6.07, 6.45) is 2.35. The zero-order valence-corrected chi connectivity index (χ0v) is 15.5. The third-order valence-corrected chi connectivity index (χ3v) is 5.52. The highest BCUT2D eigenvalue weighted by atomic mass is 32.1. The average Bonchev–Trinajstić information content (AvgIpc) is 3.20. The molecule has 1 fully saturated rings. The molecular weight excluding hydrogens is 336 g/mol. The summed E-state index contributed by atoms with van der Waals surface area (Å²) in [5.74, 6) is 0.570. The summed E-state index contributed by atoms with van der Waals surface area (Å²) in [5, 5.41) is 2.91. The minimum atomic E-state index is -0.125. The van der Waals surface area contributed by atoms with Gasteiger partial charge in [-0.25, -0.2) is 0 Å². The number of carbonyl (C=O) groups excluding carboxylic acids is 2. The standard InChI is InChI=1S/C19H22N2O3S/c1-4-13-10-17(25-12(13)2)19(23)20-14-7-8-15(16(11-14)24-3)21-9-5-6-18(21)22/h7-8,10-11H,4-6,9H2,1-3H3,(H,20,23). The number of nitrogens with one attached hydrogen (secondary N) is 1. The maximum Gasteiger partial charge on any atom is 0.265 e. The van der Waals surface area contributed by atoms with Crippen LogP contribution in [0.3, 0.4) is 0 Å². The molecule has 1 saturated heterocycles. The SMILES string of the molecule is CCc1cc(C(=O)Nc2ccc(N3CCCC3=O)c(OC)c2)sc1C. The van der Waals surface area contributed by atoms with Crippen LogP contribution in [0.15, 0.2) is 24.3 Å². The van der Waals surface area contributed by atoms with E-state index < -0.39 is 0 Å². The molecule has 132 valence electrons. The molecule has 6 heteroatoms. The Labute approximate surface area is 151 Å². The van der Waals surface area contributed by atoms with Gasteiger partial charge in [0.15, 0.2) is 0 Å². The molecule has 0 atom stereocenters. The Morgan fingerprint density at radius 3 is 2.76 bits per heavy atom. The van der Waals surface area contributed by atoms with Gasteiger partial charge in [-0.1, -0.05) is 6.92 Å². The van der Waals surface area contributed by atoms with Crippen LogP contribution in [0.2, 0.25) is 0 Å². The fourth-order valence-corrected chi connectivity index (χ4v) is 4.07. The second-order valence-corrected chi connectivity index (χ2v) is 7.29. The Morgan fingerprint density at radius 1 is 1.36 bits per heavy atom. The molecule has 1 aromatic heterocycles. The molecule has 0 bridgehead atoms. The molecule has 25 heavy (non-hydrogen) atoms. The van der Waals surface area contributed by atoms with Crippen molar-refractivity contribution in [1.29, 1.82) is 0 Å². The molecule has 0 saturated carbocycles. The van der Waals surface area contributed by atoms with Crippen molar-refractivity contribution < 1.29 is 14.3 Å². The van der Waals surface area contributed by atoms with E-state index >= 15 is 0 Å². The lowest BCUT2D eigenvalue weighted by Gasteiger charge is -2.19. The van der Waals surface area contributed by atoms with E-state index in [0.717, 1.165) is 18.5 Å². The van der Waals surface area contributed by atoms with Crippen LogP contribution in [-0.4, -0.2) is 25.5 Å². The highest BCUT2D eigenvalue weighted by molar-refractivity contribution is 7.14. The number of hydrogen-bond acceptors (Lipinski definition) is 4. The summed E-state index contributed by atoms with van der Waals surface area (Å²) in [6, 6.07) is 7.35. The van der Waals surface area contributed by atoms with E-state index in [1.54, 1.807) is 18.1 Å². The fourth-order valence-electron chi connectivity index (χ4n) is 3.06. The Balaban J connectivity index is 1.80. The van der Waals surface area contributed by atoms with Crippen molar-refractivity contribution in [3.8, 4) is 5.75 Å². The monoisotopic (exact) mass is 358 g/mol. The van der Waals surface area contributed by atoms with Gasteiger partial charge in [0.05, 0.1) is 17.7 Å². The third-order valence-electron chi connectivity index (χ3n) is 4.43. The van der Waals surface area contributed by atoms with E-state index in [2.05, 4.69) is 12.2 Å². The maximum absolute atomic E-state index is 12.5. The molecule has 0 unspecified atom stereocenters. The number of anilines is 2. The molecule has 2 aromatic rings. The van der Waals surface area contributed by atoms with E-state index in [1.165, 1.54) is 21.8 Å². The van der Waals surface area contributed by atoms with Crippen LogP contribution in [-0.2, 0) is 11.2 Å². The molecule has 1 aliphatic heterocycles. The van der Waals surface area contributed by atoms with E-state index in [-0.39, 0.29) is 11.8 Å². The zero-order chi connectivity index (χ0) is 18.0. The molecule has 0 aliphatic carbocycles. The van der Waals surface area contributed by atoms with Crippen molar-refractivity contribution in [2.75, 3.05) is 23.9 Å². The minimum Gasteiger partial charge on any atom is -0.494 e. The summed E-state index contributed by atoms with van der Waals surface area (Å²) in [7, 11) is 1.57. The van der Waals surface area contributed by atoms with Gasteiger partial charge in [-0.2, -0.15) is 0 Å². The molecule has 0 radical (unpaired) electrons. The number of rotatable bonds is 5. The van der Waals surface area contributed by atoms with Crippen molar-refractivity contribution in [3.63, 3.8) is 0 Å². The number of thiophene rings is 1. The van der Waals surface area contributed by atoms with Crippen LogP contribution in [0.4, 0.5) is 11.4 Å². The van der Waals surface area contributed by atoms with Crippen molar-refractivity contribution in [2.24, 2.45) is 0 Å². The summed E-state index contributed by atoms with van der Waals surface area (Å²) in [6.45, 7) is 4.82. The Morgan fingerprint density at radius 2 is 2.16 bits per heavy atom. The van der Waals surface area contributed by atoms with Crippen molar-refractivity contribution in [3.05, 3.63) is 39.6 Å². The predicted octanol–water partition coefficient (Wildman–Crippen LogP) is 4.01. The van der Waals surface area contributed by atoms with E-state index in [1.807, 2.05) is 25.1 Å².